The van der Waals surface area contributed by atoms with Crippen LogP contribution in [-0.4, -0.2) is 25.5 Å². The number of carbonyl (C=O) groups is 1. The first-order chi connectivity index (χ1) is 8.76. The van der Waals surface area contributed by atoms with E-state index in [0.717, 1.165) is 12.1 Å². The highest BCUT2D eigenvalue weighted by Crippen LogP contribution is 2.17. The normalized spacial score (nSPS) is 13.2. The molecule has 0 heterocycles. The molecule has 0 aromatic heterocycles. The molecule has 0 fully saturated rings. The molecule has 1 aromatic rings. The molecule has 2 N–H and O–H groups in total. The van der Waals surface area contributed by atoms with Gasteiger partial charge in [0.25, 0.3) is 0 Å². The molecule has 0 aliphatic rings. The van der Waals surface area contributed by atoms with Gasteiger partial charge in [-0.25, -0.2) is 17.5 Å². The van der Waals surface area contributed by atoms with Gasteiger partial charge in [0.05, 0.1) is 11.3 Å². The number of rotatable bonds is 6. The number of carboxylic acids is 1. The zero-order valence-corrected chi connectivity index (χ0v) is 11.5. The number of halogens is 1. The second-order valence-corrected chi connectivity index (χ2v) is 5.92. The van der Waals surface area contributed by atoms with Gasteiger partial charge in [-0.05, 0) is 37.1 Å². The molecule has 0 aliphatic heterocycles. The largest absolute Gasteiger partial charge is 0.481 e. The maximum atomic E-state index is 12.9. The van der Waals surface area contributed by atoms with Crippen molar-refractivity contribution in [1.82, 2.24) is 4.72 Å². The average Bonchev–Trinajstić information content (AvgIpc) is 2.26. The van der Waals surface area contributed by atoms with Gasteiger partial charge in [-0.2, -0.15) is 0 Å². The summed E-state index contributed by atoms with van der Waals surface area (Å²) in [5.74, 6) is -1.60. The predicted octanol–water partition coefficient (Wildman–Crippen LogP) is 1.67. The van der Waals surface area contributed by atoms with Crippen molar-refractivity contribution in [2.24, 2.45) is 0 Å². The number of hydrogen-bond acceptors (Lipinski definition) is 3. The van der Waals surface area contributed by atoms with Crippen LogP contribution in [0.4, 0.5) is 4.39 Å². The van der Waals surface area contributed by atoms with E-state index in [4.69, 9.17) is 5.11 Å². The molecular weight excluding hydrogens is 273 g/mol. The van der Waals surface area contributed by atoms with E-state index in [-0.39, 0.29) is 16.9 Å². The zero-order chi connectivity index (χ0) is 14.6. The molecule has 1 rings (SSSR count). The smallest absolute Gasteiger partial charge is 0.304 e. The van der Waals surface area contributed by atoms with Gasteiger partial charge in [-0.15, -0.1) is 0 Å². The third-order valence-electron chi connectivity index (χ3n) is 2.66. The van der Waals surface area contributed by atoms with Gasteiger partial charge in [0.1, 0.15) is 5.82 Å². The molecule has 1 atom stereocenters. The molecule has 0 bridgehead atoms. The van der Waals surface area contributed by atoms with Crippen molar-refractivity contribution in [2.45, 2.75) is 37.6 Å². The lowest BCUT2D eigenvalue weighted by Gasteiger charge is -2.16. The van der Waals surface area contributed by atoms with Crippen LogP contribution in [0.5, 0.6) is 0 Å². The summed E-state index contributed by atoms with van der Waals surface area (Å²) < 4.78 is 39.4. The minimum absolute atomic E-state index is 0.0438. The van der Waals surface area contributed by atoms with E-state index in [9.17, 15) is 17.6 Å². The Morgan fingerprint density at radius 1 is 1.47 bits per heavy atom. The fraction of sp³-hybridized carbons (Fsp3) is 0.417. The first-order valence-electron chi connectivity index (χ1n) is 5.76. The van der Waals surface area contributed by atoms with Gasteiger partial charge in [-0.3, -0.25) is 4.79 Å². The second-order valence-electron chi connectivity index (χ2n) is 4.23. The number of hydrogen-bond donors (Lipinski definition) is 2. The summed E-state index contributed by atoms with van der Waals surface area (Å²) >= 11 is 0. The summed E-state index contributed by atoms with van der Waals surface area (Å²) in [5, 5.41) is 8.69. The van der Waals surface area contributed by atoms with Crippen molar-refractivity contribution in [3.8, 4) is 0 Å². The Kier molecular flexibility index (Phi) is 5.02. The number of sulfonamides is 1. The average molecular weight is 289 g/mol. The topological polar surface area (TPSA) is 83.5 Å². The number of carboxylic acid groups (broad SMARTS) is 1. The fourth-order valence-corrected chi connectivity index (χ4v) is 3.22. The van der Waals surface area contributed by atoms with Gasteiger partial charge in [0, 0.05) is 6.04 Å². The van der Waals surface area contributed by atoms with Crippen LogP contribution in [0.25, 0.3) is 0 Å². The summed E-state index contributed by atoms with van der Waals surface area (Å²) in [6, 6.07) is 2.65. The lowest BCUT2D eigenvalue weighted by Crippen LogP contribution is -2.36. The summed E-state index contributed by atoms with van der Waals surface area (Å²) in [4.78, 5) is 10.6. The van der Waals surface area contributed by atoms with E-state index in [0.29, 0.717) is 6.42 Å². The van der Waals surface area contributed by atoms with E-state index in [2.05, 4.69) is 4.72 Å². The van der Waals surface area contributed by atoms with Crippen molar-refractivity contribution in [2.75, 3.05) is 0 Å². The Morgan fingerprint density at radius 2 is 2.11 bits per heavy atom. The van der Waals surface area contributed by atoms with E-state index in [1.807, 2.05) is 0 Å². The molecule has 0 radical (unpaired) electrons. The summed E-state index contributed by atoms with van der Waals surface area (Å²) in [6.45, 7) is 3.17. The van der Waals surface area contributed by atoms with Gasteiger partial charge in [0.15, 0.2) is 0 Å². The van der Waals surface area contributed by atoms with E-state index >= 15 is 0 Å². The van der Waals surface area contributed by atoms with Crippen LogP contribution < -0.4 is 4.72 Å². The van der Waals surface area contributed by atoms with Crippen LogP contribution >= 0.6 is 0 Å². The first-order valence-corrected chi connectivity index (χ1v) is 7.25. The number of aliphatic carboxylic acids is 1. The molecule has 0 saturated heterocycles. The Balaban J connectivity index is 3.00. The zero-order valence-electron chi connectivity index (χ0n) is 10.7. The Morgan fingerprint density at radius 3 is 2.58 bits per heavy atom. The Bertz CT molecular complexity index is 571. The third-order valence-corrected chi connectivity index (χ3v) is 4.34. The monoisotopic (exact) mass is 289 g/mol. The van der Waals surface area contributed by atoms with Crippen LogP contribution in [0.2, 0.25) is 0 Å². The summed E-state index contributed by atoms with van der Waals surface area (Å²) in [7, 11) is -3.84. The van der Waals surface area contributed by atoms with Crippen molar-refractivity contribution < 1.29 is 22.7 Å². The minimum Gasteiger partial charge on any atom is -0.481 e. The molecule has 1 unspecified atom stereocenters. The van der Waals surface area contributed by atoms with Crippen LogP contribution in [0.1, 0.15) is 25.3 Å². The summed E-state index contributed by atoms with van der Waals surface area (Å²) in [5.41, 5.74) is 0.276. The maximum Gasteiger partial charge on any atom is 0.304 e. The molecule has 19 heavy (non-hydrogen) atoms. The molecule has 7 heteroatoms. The second kappa shape index (κ2) is 6.12. The first kappa shape index (κ1) is 15.6. The minimum atomic E-state index is -3.84. The Labute approximate surface area is 111 Å². The SMILES string of the molecule is CCC(CC(=O)O)NS(=O)(=O)c1ccc(F)cc1C. The lowest BCUT2D eigenvalue weighted by atomic mass is 10.2. The molecule has 0 spiro atoms. The van der Waals surface area contributed by atoms with E-state index in [1.54, 1.807) is 6.92 Å². The Hall–Kier alpha value is -1.47. The quantitative estimate of drug-likeness (QED) is 0.834. The van der Waals surface area contributed by atoms with Crippen molar-refractivity contribution in [1.29, 1.82) is 0 Å². The third kappa shape index (κ3) is 4.29. The van der Waals surface area contributed by atoms with Gasteiger partial charge < -0.3 is 5.11 Å². The molecule has 0 aliphatic carbocycles. The van der Waals surface area contributed by atoms with Crippen LogP contribution in [0.3, 0.4) is 0 Å². The molecule has 1 aromatic carbocycles. The van der Waals surface area contributed by atoms with Gasteiger partial charge >= 0.3 is 5.97 Å². The maximum absolute atomic E-state index is 12.9. The lowest BCUT2D eigenvalue weighted by molar-refractivity contribution is -0.137. The number of nitrogens with one attached hydrogen (secondary N) is 1. The molecular formula is C12H16FNO4S. The fourth-order valence-electron chi connectivity index (χ4n) is 1.68. The highest BCUT2D eigenvalue weighted by Gasteiger charge is 2.22. The van der Waals surface area contributed by atoms with Crippen LogP contribution in [-0.2, 0) is 14.8 Å². The molecule has 5 nitrogen and oxygen atoms in total. The highest BCUT2D eigenvalue weighted by atomic mass is 32.2. The van der Waals surface area contributed by atoms with Crippen molar-refractivity contribution in [3.05, 3.63) is 29.6 Å². The highest BCUT2D eigenvalue weighted by molar-refractivity contribution is 7.89. The summed E-state index contributed by atoms with van der Waals surface area (Å²) in [6.07, 6.45) is 0.0573. The molecule has 0 amide bonds. The molecule has 0 saturated carbocycles. The standard InChI is InChI=1S/C12H16FNO4S/c1-3-10(7-12(15)16)14-19(17,18)11-5-4-9(13)6-8(11)2/h4-6,10,14H,3,7H2,1-2H3,(H,15,16). The van der Waals surface area contributed by atoms with Gasteiger partial charge in [-0.1, -0.05) is 6.92 Å². The predicted molar refractivity (Wildman–Crippen MR) is 67.8 cm³/mol. The van der Waals surface area contributed by atoms with E-state index < -0.39 is 27.9 Å². The van der Waals surface area contributed by atoms with Gasteiger partial charge in [0.2, 0.25) is 10.0 Å². The van der Waals surface area contributed by atoms with Crippen molar-refractivity contribution >= 4 is 16.0 Å². The number of aryl methyl sites for hydroxylation is 1. The number of benzene rings is 1. The van der Waals surface area contributed by atoms with Crippen molar-refractivity contribution in [3.63, 3.8) is 0 Å². The molecule has 106 valence electrons. The van der Waals surface area contributed by atoms with Crippen LogP contribution in [0.15, 0.2) is 23.1 Å². The van der Waals surface area contributed by atoms with E-state index in [1.165, 1.54) is 13.0 Å². The van der Waals surface area contributed by atoms with Crippen LogP contribution in [0, 0.1) is 12.7 Å².